The summed E-state index contributed by atoms with van der Waals surface area (Å²) in [7, 11) is 0. The Bertz CT molecular complexity index is 140. The lowest BCUT2D eigenvalue weighted by molar-refractivity contribution is 0.557. The standard InChI is InChI=1S/C15H29Cl/c1-2-3-4-5-6-7-8-9-10-11-12-13-14-15-16/h13-14H,2-12,15H2,1H3/b14-13+. The van der Waals surface area contributed by atoms with Crippen molar-refractivity contribution in [1.29, 1.82) is 0 Å². The minimum atomic E-state index is 0.664. The second-order valence-electron chi connectivity index (χ2n) is 4.60. The summed E-state index contributed by atoms with van der Waals surface area (Å²) in [6.07, 6.45) is 19.6. The predicted octanol–water partition coefficient (Wildman–Crippen LogP) is 6.09. The molecule has 0 nitrogen and oxygen atoms in total. The largest absolute Gasteiger partial charge is 0.122 e. The van der Waals surface area contributed by atoms with E-state index in [2.05, 4.69) is 19.1 Å². The molecule has 0 N–H and O–H groups in total. The Hall–Kier alpha value is 0.0300. The molecule has 0 fully saturated rings. The molecule has 0 spiro atoms. The van der Waals surface area contributed by atoms with Crippen LogP contribution in [0, 0.1) is 0 Å². The molecule has 0 radical (unpaired) electrons. The van der Waals surface area contributed by atoms with Crippen molar-refractivity contribution in [2.45, 2.75) is 77.6 Å². The third-order valence-electron chi connectivity index (χ3n) is 2.98. The molecule has 0 heterocycles. The van der Waals surface area contributed by atoms with Crippen LogP contribution in [0.15, 0.2) is 12.2 Å². The van der Waals surface area contributed by atoms with Crippen molar-refractivity contribution < 1.29 is 0 Å². The van der Waals surface area contributed by atoms with Gasteiger partial charge in [0, 0.05) is 5.88 Å². The zero-order valence-electron chi connectivity index (χ0n) is 11.0. The number of hydrogen-bond acceptors (Lipinski definition) is 0. The molecule has 0 rings (SSSR count). The van der Waals surface area contributed by atoms with E-state index < -0.39 is 0 Å². The molecule has 1 heteroatoms. The smallest absolute Gasteiger partial charge is 0.0404 e. The summed E-state index contributed by atoms with van der Waals surface area (Å²) in [5.74, 6) is 0.664. The number of unbranched alkanes of at least 4 members (excludes halogenated alkanes) is 10. The SMILES string of the molecule is CCCCCCCCCCCC/C=C/CCl. The minimum absolute atomic E-state index is 0.664. The second kappa shape index (κ2) is 15.0. The number of allylic oxidation sites excluding steroid dienone is 2. The Morgan fingerprint density at radius 3 is 1.69 bits per heavy atom. The zero-order valence-corrected chi connectivity index (χ0v) is 11.8. The first kappa shape index (κ1) is 16.0. The highest BCUT2D eigenvalue weighted by Crippen LogP contribution is 2.11. The summed E-state index contributed by atoms with van der Waals surface area (Å²) in [5.41, 5.74) is 0. The molecule has 0 saturated heterocycles. The molecule has 0 atom stereocenters. The highest BCUT2D eigenvalue weighted by atomic mass is 35.5. The average Bonchev–Trinajstić information content (AvgIpc) is 2.31. The van der Waals surface area contributed by atoms with E-state index in [-0.39, 0.29) is 0 Å². The number of alkyl halides is 1. The predicted molar refractivity (Wildman–Crippen MR) is 76.3 cm³/mol. The second-order valence-corrected chi connectivity index (χ2v) is 4.90. The molecule has 0 aliphatic carbocycles. The molecule has 96 valence electrons. The van der Waals surface area contributed by atoms with Crippen molar-refractivity contribution in [2.75, 3.05) is 5.88 Å². The van der Waals surface area contributed by atoms with Gasteiger partial charge >= 0.3 is 0 Å². The van der Waals surface area contributed by atoms with E-state index in [1.807, 2.05) is 0 Å². The highest BCUT2D eigenvalue weighted by molar-refractivity contribution is 6.18. The van der Waals surface area contributed by atoms with E-state index in [9.17, 15) is 0 Å². The fourth-order valence-corrected chi connectivity index (χ4v) is 2.06. The van der Waals surface area contributed by atoms with Crippen molar-refractivity contribution in [1.82, 2.24) is 0 Å². The van der Waals surface area contributed by atoms with Gasteiger partial charge in [-0.3, -0.25) is 0 Å². The molecular formula is C15H29Cl. The lowest BCUT2D eigenvalue weighted by atomic mass is 10.1. The fraction of sp³-hybridized carbons (Fsp3) is 0.867. The zero-order chi connectivity index (χ0) is 11.9. The highest BCUT2D eigenvalue weighted by Gasteiger charge is 1.91. The fourth-order valence-electron chi connectivity index (χ4n) is 1.93. The summed E-state index contributed by atoms with van der Waals surface area (Å²) >= 11 is 5.55. The van der Waals surface area contributed by atoms with Crippen LogP contribution in [0.25, 0.3) is 0 Å². The van der Waals surface area contributed by atoms with Crippen molar-refractivity contribution in [2.24, 2.45) is 0 Å². The Labute approximate surface area is 107 Å². The van der Waals surface area contributed by atoms with E-state index in [1.54, 1.807) is 0 Å². The topological polar surface area (TPSA) is 0 Å². The molecule has 0 saturated carbocycles. The van der Waals surface area contributed by atoms with E-state index in [0.717, 1.165) is 0 Å². The number of hydrogen-bond donors (Lipinski definition) is 0. The van der Waals surface area contributed by atoms with Crippen LogP contribution in [-0.2, 0) is 0 Å². The summed E-state index contributed by atoms with van der Waals surface area (Å²) < 4.78 is 0. The van der Waals surface area contributed by atoms with Gasteiger partial charge in [0.2, 0.25) is 0 Å². The van der Waals surface area contributed by atoms with E-state index in [4.69, 9.17) is 11.6 Å². The van der Waals surface area contributed by atoms with Crippen molar-refractivity contribution in [3.05, 3.63) is 12.2 Å². The first-order valence-corrected chi connectivity index (χ1v) is 7.66. The Balaban J connectivity index is 2.90. The van der Waals surface area contributed by atoms with Gasteiger partial charge in [0.15, 0.2) is 0 Å². The van der Waals surface area contributed by atoms with Crippen LogP contribution in [0.3, 0.4) is 0 Å². The molecule has 0 bridgehead atoms. The first-order chi connectivity index (χ1) is 7.91. The Kier molecular flexibility index (Phi) is 15.1. The normalized spacial score (nSPS) is 11.4. The van der Waals surface area contributed by atoms with Gasteiger partial charge in [-0.15, -0.1) is 11.6 Å². The molecule has 0 aromatic carbocycles. The molecule has 0 aliphatic rings. The van der Waals surface area contributed by atoms with Gasteiger partial charge in [0.25, 0.3) is 0 Å². The molecule has 0 unspecified atom stereocenters. The summed E-state index contributed by atoms with van der Waals surface area (Å²) in [4.78, 5) is 0. The molecule has 16 heavy (non-hydrogen) atoms. The van der Waals surface area contributed by atoms with Crippen LogP contribution in [-0.4, -0.2) is 5.88 Å². The van der Waals surface area contributed by atoms with Crippen LogP contribution in [0.5, 0.6) is 0 Å². The van der Waals surface area contributed by atoms with Gasteiger partial charge in [0.05, 0.1) is 0 Å². The third kappa shape index (κ3) is 14.0. The van der Waals surface area contributed by atoms with Crippen LogP contribution in [0.1, 0.15) is 77.6 Å². The van der Waals surface area contributed by atoms with Gasteiger partial charge in [-0.05, 0) is 12.8 Å². The quantitative estimate of drug-likeness (QED) is 0.221. The summed E-state index contributed by atoms with van der Waals surface area (Å²) in [6, 6.07) is 0. The Morgan fingerprint density at radius 1 is 0.688 bits per heavy atom. The van der Waals surface area contributed by atoms with E-state index in [0.29, 0.717) is 5.88 Å². The van der Waals surface area contributed by atoms with Gasteiger partial charge in [0.1, 0.15) is 0 Å². The van der Waals surface area contributed by atoms with Gasteiger partial charge in [-0.25, -0.2) is 0 Å². The van der Waals surface area contributed by atoms with Gasteiger partial charge in [-0.1, -0.05) is 76.9 Å². The third-order valence-corrected chi connectivity index (χ3v) is 3.16. The molecule has 0 aromatic rings. The lowest BCUT2D eigenvalue weighted by Crippen LogP contribution is -1.81. The van der Waals surface area contributed by atoms with Crippen LogP contribution in [0.4, 0.5) is 0 Å². The maximum absolute atomic E-state index is 5.55. The Morgan fingerprint density at radius 2 is 1.19 bits per heavy atom. The minimum Gasteiger partial charge on any atom is -0.122 e. The van der Waals surface area contributed by atoms with Gasteiger partial charge < -0.3 is 0 Å². The molecule has 0 amide bonds. The summed E-state index contributed by atoms with van der Waals surface area (Å²) in [6.45, 7) is 2.28. The van der Waals surface area contributed by atoms with Crippen molar-refractivity contribution in [3.8, 4) is 0 Å². The monoisotopic (exact) mass is 244 g/mol. The van der Waals surface area contributed by atoms with Crippen molar-refractivity contribution in [3.63, 3.8) is 0 Å². The van der Waals surface area contributed by atoms with Crippen LogP contribution < -0.4 is 0 Å². The van der Waals surface area contributed by atoms with E-state index in [1.165, 1.54) is 70.6 Å². The summed E-state index contributed by atoms with van der Waals surface area (Å²) in [5, 5.41) is 0. The van der Waals surface area contributed by atoms with Crippen LogP contribution in [0.2, 0.25) is 0 Å². The van der Waals surface area contributed by atoms with E-state index >= 15 is 0 Å². The van der Waals surface area contributed by atoms with Gasteiger partial charge in [-0.2, -0.15) is 0 Å². The lowest BCUT2D eigenvalue weighted by Gasteiger charge is -2.01. The van der Waals surface area contributed by atoms with Crippen LogP contribution >= 0.6 is 11.6 Å². The molecule has 0 aromatic heterocycles. The molecular weight excluding hydrogens is 216 g/mol. The average molecular weight is 245 g/mol. The number of halogens is 1. The maximum Gasteiger partial charge on any atom is 0.0404 e. The molecule has 0 aliphatic heterocycles. The first-order valence-electron chi connectivity index (χ1n) is 7.12. The number of rotatable bonds is 12. The van der Waals surface area contributed by atoms with Crippen molar-refractivity contribution >= 4 is 11.6 Å². The maximum atomic E-state index is 5.55.